The summed E-state index contributed by atoms with van der Waals surface area (Å²) < 4.78 is 11.3. The average Bonchev–Trinajstić information content (AvgIpc) is 2.50. The van der Waals surface area contributed by atoms with Crippen molar-refractivity contribution < 1.29 is 9.47 Å². The fourth-order valence-corrected chi connectivity index (χ4v) is 2.42. The zero-order chi connectivity index (χ0) is 14.0. The Morgan fingerprint density at radius 3 is 2.40 bits per heavy atom. The van der Waals surface area contributed by atoms with Crippen LogP contribution < -0.4 is 9.47 Å². The van der Waals surface area contributed by atoms with E-state index in [0.29, 0.717) is 13.2 Å². The molecule has 0 aliphatic carbocycles. The largest absolute Gasteiger partial charge is 0.490 e. The van der Waals surface area contributed by atoms with E-state index in [1.807, 2.05) is 31.2 Å². The highest BCUT2D eigenvalue weighted by molar-refractivity contribution is 5.39. The standard InChI is InChI=1S/C17H25NO2/c1-2-19-16-10-4-5-11-17(16)20-15-9-8-14-18-12-6-3-7-13-18/h4-5,8-11H,2-3,6-7,12-15H2,1H3. The number of para-hydroxylation sites is 2. The van der Waals surface area contributed by atoms with Crippen LogP contribution in [-0.4, -0.2) is 37.7 Å². The first-order chi connectivity index (χ1) is 9.90. The van der Waals surface area contributed by atoms with Crippen molar-refractivity contribution in [2.24, 2.45) is 0 Å². The molecule has 110 valence electrons. The topological polar surface area (TPSA) is 21.7 Å². The molecule has 0 spiro atoms. The van der Waals surface area contributed by atoms with Gasteiger partial charge in [-0.1, -0.05) is 30.7 Å². The second-order valence-electron chi connectivity index (χ2n) is 5.02. The lowest BCUT2D eigenvalue weighted by Gasteiger charge is -2.24. The van der Waals surface area contributed by atoms with Crippen LogP contribution in [0, 0.1) is 0 Å². The summed E-state index contributed by atoms with van der Waals surface area (Å²) in [5.41, 5.74) is 0. The fourth-order valence-electron chi connectivity index (χ4n) is 2.42. The molecule has 1 aromatic carbocycles. The molecule has 20 heavy (non-hydrogen) atoms. The molecule has 0 bridgehead atoms. The molecule has 0 saturated carbocycles. The SMILES string of the molecule is CCOc1ccccc1OCC=CCN1CCCCC1. The Kier molecular flexibility index (Phi) is 6.45. The van der Waals surface area contributed by atoms with Crippen molar-refractivity contribution in [3.05, 3.63) is 36.4 Å². The molecule has 3 nitrogen and oxygen atoms in total. The van der Waals surface area contributed by atoms with E-state index in [1.54, 1.807) is 0 Å². The van der Waals surface area contributed by atoms with Gasteiger partial charge in [0, 0.05) is 6.54 Å². The molecule has 1 aliphatic heterocycles. The predicted octanol–water partition coefficient (Wildman–Crippen LogP) is 3.51. The number of likely N-dealkylation sites (tertiary alicyclic amines) is 1. The van der Waals surface area contributed by atoms with Gasteiger partial charge in [0.2, 0.25) is 0 Å². The number of benzene rings is 1. The van der Waals surface area contributed by atoms with Gasteiger partial charge < -0.3 is 9.47 Å². The van der Waals surface area contributed by atoms with Gasteiger partial charge in [-0.15, -0.1) is 0 Å². The molecule has 1 heterocycles. The third-order valence-corrected chi connectivity index (χ3v) is 3.46. The van der Waals surface area contributed by atoms with E-state index in [1.165, 1.54) is 32.4 Å². The first kappa shape index (κ1) is 14.9. The summed E-state index contributed by atoms with van der Waals surface area (Å²) in [6.45, 7) is 6.74. The second-order valence-corrected chi connectivity index (χ2v) is 5.02. The molecule has 2 rings (SSSR count). The molecule has 0 amide bonds. The summed E-state index contributed by atoms with van der Waals surface area (Å²) in [6.07, 6.45) is 8.36. The Labute approximate surface area is 122 Å². The van der Waals surface area contributed by atoms with Crippen molar-refractivity contribution in [1.82, 2.24) is 4.90 Å². The number of piperidine rings is 1. The number of nitrogens with zero attached hydrogens (tertiary/aromatic N) is 1. The Bertz CT molecular complexity index is 411. The van der Waals surface area contributed by atoms with E-state index in [2.05, 4.69) is 17.1 Å². The lowest BCUT2D eigenvalue weighted by molar-refractivity contribution is 0.250. The summed E-state index contributed by atoms with van der Waals surface area (Å²) >= 11 is 0. The summed E-state index contributed by atoms with van der Waals surface area (Å²) in [7, 11) is 0. The minimum atomic E-state index is 0.595. The number of hydrogen-bond acceptors (Lipinski definition) is 3. The van der Waals surface area contributed by atoms with Gasteiger partial charge in [0.15, 0.2) is 11.5 Å². The lowest BCUT2D eigenvalue weighted by Crippen LogP contribution is -2.29. The molecule has 1 aliphatic rings. The average molecular weight is 275 g/mol. The molecular formula is C17H25NO2. The number of ether oxygens (including phenoxy) is 2. The summed E-state index contributed by atoms with van der Waals surface area (Å²) in [5, 5.41) is 0. The van der Waals surface area contributed by atoms with Gasteiger partial charge in [0.1, 0.15) is 6.61 Å². The molecule has 1 aromatic rings. The lowest BCUT2D eigenvalue weighted by atomic mass is 10.1. The Hall–Kier alpha value is -1.48. The number of hydrogen-bond donors (Lipinski definition) is 0. The minimum Gasteiger partial charge on any atom is -0.490 e. The monoisotopic (exact) mass is 275 g/mol. The minimum absolute atomic E-state index is 0.595. The van der Waals surface area contributed by atoms with Crippen LogP contribution in [0.15, 0.2) is 36.4 Å². The third-order valence-electron chi connectivity index (χ3n) is 3.46. The maximum atomic E-state index is 5.75. The molecule has 0 radical (unpaired) electrons. The van der Waals surface area contributed by atoms with E-state index >= 15 is 0 Å². The van der Waals surface area contributed by atoms with E-state index in [-0.39, 0.29) is 0 Å². The van der Waals surface area contributed by atoms with Crippen LogP contribution in [0.2, 0.25) is 0 Å². The second kappa shape index (κ2) is 8.64. The van der Waals surface area contributed by atoms with E-state index in [0.717, 1.165) is 18.0 Å². The van der Waals surface area contributed by atoms with Crippen LogP contribution in [0.4, 0.5) is 0 Å². The zero-order valence-electron chi connectivity index (χ0n) is 12.4. The summed E-state index contributed by atoms with van der Waals surface area (Å²) in [4.78, 5) is 2.49. The van der Waals surface area contributed by atoms with Crippen LogP contribution in [0.25, 0.3) is 0 Å². The fraction of sp³-hybridized carbons (Fsp3) is 0.529. The van der Waals surface area contributed by atoms with Gasteiger partial charge in [-0.05, 0) is 45.0 Å². The molecule has 0 N–H and O–H groups in total. The molecular weight excluding hydrogens is 250 g/mol. The maximum absolute atomic E-state index is 5.75. The zero-order valence-corrected chi connectivity index (χ0v) is 12.4. The van der Waals surface area contributed by atoms with Crippen LogP contribution in [0.1, 0.15) is 26.2 Å². The van der Waals surface area contributed by atoms with Crippen molar-refractivity contribution >= 4 is 0 Å². The van der Waals surface area contributed by atoms with Crippen LogP contribution in [-0.2, 0) is 0 Å². The van der Waals surface area contributed by atoms with Crippen molar-refractivity contribution in [3.63, 3.8) is 0 Å². The summed E-state index contributed by atoms with van der Waals surface area (Å²) in [6, 6.07) is 7.82. The number of rotatable bonds is 7. The highest BCUT2D eigenvalue weighted by Gasteiger charge is 2.07. The predicted molar refractivity (Wildman–Crippen MR) is 82.5 cm³/mol. The molecule has 1 fully saturated rings. The molecule has 0 atom stereocenters. The normalized spacial score (nSPS) is 16.4. The van der Waals surface area contributed by atoms with Crippen LogP contribution >= 0.6 is 0 Å². The first-order valence-electron chi connectivity index (χ1n) is 7.62. The molecule has 0 aromatic heterocycles. The summed E-state index contributed by atoms with van der Waals surface area (Å²) in [5.74, 6) is 1.64. The van der Waals surface area contributed by atoms with Crippen molar-refractivity contribution in [2.75, 3.05) is 32.8 Å². The molecule has 1 saturated heterocycles. The van der Waals surface area contributed by atoms with Crippen molar-refractivity contribution in [1.29, 1.82) is 0 Å². The Morgan fingerprint density at radius 2 is 1.70 bits per heavy atom. The van der Waals surface area contributed by atoms with Gasteiger partial charge in [0.05, 0.1) is 6.61 Å². The van der Waals surface area contributed by atoms with Crippen molar-refractivity contribution in [3.8, 4) is 11.5 Å². The van der Waals surface area contributed by atoms with Crippen molar-refractivity contribution in [2.45, 2.75) is 26.2 Å². The highest BCUT2D eigenvalue weighted by Crippen LogP contribution is 2.26. The van der Waals surface area contributed by atoms with Gasteiger partial charge >= 0.3 is 0 Å². The van der Waals surface area contributed by atoms with Crippen LogP contribution in [0.5, 0.6) is 11.5 Å². The van der Waals surface area contributed by atoms with E-state index in [4.69, 9.17) is 9.47 Å². The van der Waals surface area contributed by atoms with Gasteiger partial charge in [0.25, 0.3) is 0 Å². The van der Waals surface area contributed by atoms with Gasteiger partial charge in [-0.3, -0.25) is 4.90 Å². The quantitative estimate of drug-likeness (QED) is 0.711. The van der Waals surface area contributed by atoms with E-state index in [9.17, 15) is 0 Å². The Morgan fingerprint density at radius 1 is 1.00 bits per heavy atom. The Balaban J connectivity index is 1.72. The van der Waals surface area contributed by atoms with Crippen LogP contribution in [0.3, 0.4) is 0 Å². The highest BCUT2D eigenvalue weighted by atomic mass is 16.5. The van der Waals surface area contributed by atoms with Gasteiger partial charge in [-0.2, -0.15) is 0 Å². The molecule has 3 heteroatoms. The first-order valence-corrected chi connectivity index (χ1v) is 7.62. The maximum Gasteiger partial charge on any atom is 0.161 e. The van der Waals surface area contributed by atoms with Gasteiger partial charge in [-0.25, -0.2) is 0 Å². The smallest absolute Gasteiger partial charge is 0.161 e. The molecule has 0 unspecified atom stereocenters. The van der Waals surface area contributed by atoms with E-state index < -0.39 is 0 Å². The third kappa shape index (κ3) is 4.89.